The molecule has 0 N–H and O–H groups in total. The van der Waals surface area contributed by atoms with Gasteiger partial charge in [0.2, 0.25) is 0 Å². The van der Waals surface area contributed by atoms with Crippen molar-refractivity contribution in [1.29, 1.82) is 0 Å². The first-order valence-electron chi connectivity index (χ1n) is 5.67. The SMILES string of the molecule is CC1=C(C)CN(C(=O)OC(C(F)(F)F)C(F)(F)F)CC1. The number of alkyl halides is 6. The molecule has 0 aromatic heterocycles. The summed E-state index contributed by atoms with van der Waals surface area (Å²) in [5.41, 5.74) is 1.68. The van der Waals surface area contributed by atoms with Gasteiger partial charge < -0.3 is 9.64 Å². The van der Waals surface area contributed by atoms with E-state index in [2.05, 4.69) is 4.74 Å². The lowest BCUT2D eigenvalue weighted by Gasteiger charge is -2.30. The molecule has 0 radical (unpaired) electrons. The molecule has 1 rings (SSSR count). The average Bonchev–Trinajstić information content (AvgIpc) is 2.26. The molecule has 0 aliphatic carbocycles. The third kappa shape index (κ3) is 4.04. The van der Waals surface area contributed by atoms with Gasteiger partial charge in [0, 0.05) is 13.1 Å². The first-order chi connectivity index (χ1) is 8.93. The molecule has 0 saturated heterocycles. The van der Waals surface area contributed by atoms with E-state index in [0.29, 0.717) is 6.42 Å². The Morgan fingerprint density at radius 3 is 2.00 bits per heavy atom. The monoisotopic (exact) mass is 305 g/mol. The van der Waals surface area contributed by atoms with Gasteiger partial charge in [-0.2, -0.15) is 26.3 Å². The van der Waals surface area contributed by atoms with Crippen LogP contribution in [-0.4, -0.2) is 42.5 Å². The van der Waals surface area contributed by atoms with Gasteiger partial charge in [0.05, 0.1) is 0 Å². The van der Waals surface area contributed by atoms with E-state index in [-0.39, 0.29) is 13.1 Å². The van der Waals surface area contributed by atoms with Crippen LogP contribution in [0, 0.1) is 0 Å². The fraction of sp³-hybridized carbons (Fsp3) is 0.727. The number of carbonyl (C=O) groups excluding carboxylic acids is 1. The molecule has 0 atom stereocenters. The number of hydrogen-bond donors (Lipinski definition) is 0. The maximum absolute atomic E-state index is 12.3. The van der Waals surface area contributed by atoms with Gasteiger partial charge in [0.15, 0.2) is 0 Å². The van der Waals surface area contributed by atoms with Crippen LogP contribution in [0.3, 0.4) is 0 Å². The van der Waals surface area contributed by atoms with Gasteiger partial charge in [-0.3, -0.25) is 0 Å². The van der Waals surface area contributed by atoms with E-state index in [0.717, 1.165) is 16.0 Å². The molecule has 0 spiro atoms. The van der Waals surface area contributed by atoms with E-state index in [9.17, 15) is 31.1 Å². The third-order valence-corrected chi connectivity index (χ3v) is 2.98. The van der Waals surface area contributed by atoms with Crippen LogP contribution in [-0.2, 0) is 4.74 Å². The molecule has 1 aliphatic heterocycles. The summed E-state index contributed by atoms with van der Waals surface area (Å²) in [6.45, 7) is 3.43. The predicted octanol–water partition coefficient (Wildman–Crippen LogP) is 3.66. The van der Waals surface area contributed by atoms with Crippen molar-refractivity contribution in [2.24, 2.45) is 0 Å². The van der Waals surface area contributed by atoms with Crippen LogP contribution in [0.2, 0.25) is 0 Å². The van der Waals surface area contributed by atoms with Gasteiger partial charge in [-0.15, -0.1) is 0 Å². The Balaban J connectivity index is 2.79. The van der Waals surface area contributed by atoms with Gasteiger partial charge >= 0.3 is 18.4 Å². The highest BCUT2D eigenvalue weighted by molar-refractivity contribution is 5.68. The molecule has 0 aromatic rings. The van der Waals surface area contributed by atoms with Crippen molar-refractivity contribution in [1.82, 2.24) is 4.90 Å². The highest BCUT2D eigenvalue weighted by atomic mass is 19.4. The van der Waals surface area contributed by atoms with Gasteiger partial charge in [0.25, 0.3) is 6.10 Å². The van der Waals surface area contributed by atoms with Crippen molar-refractivity contribution >= 4 is 6.09 Å². The van der Waals surface area contributed by atoms with Crippen LogP contribution in [0.1, 0.15) is 20.3 Å². The predicted molar refractivity (Wildman–Crippen MR) is 56.9 cm³/mol. The first-order valence-corrected chi connectivity index (χ1v) is 5.67. The second-order valence-electron chi connectivity index (χ2n) is 4.58. The zero-order valence-electron chi connectivity index (χ0n) is 10.7. The average molecular weight is 305 g/mol. The molecule has 116 valence electrons. The first kappa shape index (κ1) is 16.6. The summed E-state index contributed by atoms with van der Waals surface area (Å²) in [6, 6.07) is 0. The number of halogens is 6. The lowest BCUT2D eigenvalue weighted by Crippen LogP contribution is -2.49. The van der Waals surface area contributed by atoms with Gasteiger partial charge in [-0.05, 0) is 20.3 Å². The summed E-state index contributed by atoms with van der Waals surface area (Å²) in [4.78, 5) is 12.3. The molecule has 9 heteroatoms. The minimum Gasteiger partial charge on any atom is -0.426 e. The fourth-order valence-electron chi connectivity index (χ4n) is 1.67. The molecule has 0 fully saturated rings. The Morgan fingerprint density at radius 2 is 1.60 bits per heavy atom. The Hall–Kier alpha value is -1.41. The molecule has 0 unspecified atom stereocenters. The van der Waals surface area contributed by atoms with E-state index in [4.69, 9.17) is 0 Å². The van der Waals surface area contributed by atoms with Crippen molar-refractivity contribution in [2.45, 2.75) is 38.7 Å². The summed E-state index contributed by atoms with van der Waals surface area (Å²) in [6.07, 6.45) is -16.7. The van der Waals surface area contributed by atoms with E-state index in [1.807, 2.05) is 0 Å². The zero-order chi connectivity index (χ0) is 15.7. The number of ether oxygens (including phenoxy) is 1. The molecular weight excluding hydrogens is 292 g/mol. The largest absolute Gasteiger partial charge is 0.434 e. The topological polar surface area (TPSA) is 29.5 Å². The van der Waals surface area contributed by atoms with Crippen LogP contribution < -0.4 is 0 Å². The number of nitrogens with zero attached hydrogens (tertiary/aromatic N) is 1. The molecule has 20 heavy (non-hydrogen) atoms. The molecule has 0 bridgehead atoms. The Labute approximate surface area is 111 Å². The van der Waals surface area contributed by atoms with Crippen molar-refractivity contribution in [3.05, 3.63) is 11.1 Å². The number of carbonyl (C=O) groups is 1. The summed E-state index contributed by atoms with van der Waals surface area (Å²) in [5, 5.41) is 0. The Kier molecular flexibility index (Phi) is 4.60. The standard InChI is InChI=1S/C11H13F6NO2/c1-6-3-4-18(5-7(6)2)9(19)20-8(10(12,13)14)11(15,16)17/h8H,3-5H2,1-2H3. The molecule has 1 aliphatic rings. The highest BCUT2D eigenvalue weighted by Gasteiger charge is 2.60. The highest BCUT2D eigenvalue weighted by Crippen LogP contribution is 2.36. The zero-order valence-corrected chi connectivity index (χ0v) is 10.7. The fourth-order valence-corrected chi connectivity index (χ4v) is 1.67. The van der Waals surface area contributed by atoms with Crippen molar-refractivity contribution in [2.75, 3.05) is 13.1 Å². The summed E-state index contributed by atoms with van der Waals surface area (Å²) < 4.78 is 77.2. The normalized spacial score (nSPS) is 17.8. The second kappa shape index (κ2) is 5.53. The van der Waals surface area contributed by atoms with Gasteiger partial charge in [0.1, 0.15) is 0 Å². The molecule has 1 heterocycles. The lowest BCUT2D eigenvalue weighted by molar-refractivity contribution is -0.308. The van der Waals surface area contributed by atoms with Crippen LogP contribution in [0.4, 0.5) is 31.1 Å². The van der Waals surface area contributed by atoms with E-state index >= 15 is 0 Å². The van der Waals surface area contributed by atoms with E-state index < -0.39 is 24.5 Å². The van der Waals surface area contributed by atoms with Crippen molar-refractivity contribution in [3.8, 4) is 0 Å². The summed E-state index contributed by atoms with van der Waals surface area (Å²) in [7, 11) is 0. The molecule has 0 aromatic carbocycles. The Bertz CT molecular complexity index is 398. The van der Waals surface area contributed by atoms with E-state index in [1.165, 1.54) is 0 Å². The maximum atomic E-state index is 12.3. The van der Waals surface area contributed by atoms with E-state index in [1.54, 1.807) is 13.8 Å². The van der Waals surface area contributed by atoms with Crippen LogP contribution in [0.5, 0.6) is 0 Å². The van der Waals surface area contributed by atoms with Crippen LogP contribution >= 0.6 is 0 Å². The van der Waals surface area contributed by atoms with Crippen LogP contribution in [0.25, 0.3) is 0 Å². The summed E-state index contributed by atoms with van der Waals surface area (Å²) in [5.74, 6) is 0. The molecular formula is C11H13F6NO2. The third-order valence-electron chi connectivity index (χ3n) is 2.98. The minimum atomic E-state index is -5.69. The lowest BCUT2D eigenvalue weighted by atomic mass is 10.0. The Morgan fingerprint density at radius 1 is 1.10 bits per heavy atom. The smallest absolute Gasteiger partial charge is 0.426 e. The van der Waals surface area contributed by atoms with Gasteiger partial charge in [-0.25, -0.2) is 4.79 Å². The molecule has 0 saturated carbocycles. The second-order valence-corrected chi connectivity index (χ2v) is 4.58. The minimum absolute atomic E-state index is 0.0322. The quantitative estimate of drug-likeness (QED) is 0.546. The molecule has 1 amide bonds. The molecule has 3 nitrogen and oxygen atoms in total. The van der Waals surface area contributed by atoms with Crippen LogP contribution in [0.15, 0.2) is 11.1 Å². The van der Waals surface area contributed by atoms with Crippen molar-refractivity contribution in [3.63, 3.8) is 0 Å². The number of amides is 1. The van der Waals surface area contributed by atoms with Crippen molar-refractivity contribution < 1.29 is 35.9 Å². The summed E-state index contributed by atoms with van der Waals surface area (Å²) >= 11 is 0. The number of hydrogen-bond acceptors (Lipinski definition) is 2. The maximum Gasteiger partial charge on any atom is 0.434 e. The number of rotatable bonds is 1. The van der Waals surface area contributed by atoms with Gasteiger partial charge in [-0.1, -0.05) is 11.1 Å².